The molecule has 1 amide bonds. The number of carbonyl (C=O) groups is 1. The maximum atomic E-state index is 12.3. The highest BCUT2D eigenvalue weighted by molar-refractivity contribution is 6.31. The average molecular weight is 335 g/mol. The molecule has 0 radical (unpaired) electrons. The van der Waals surface area contributed by atoms with E-state index in [1.807, 2.05) is 39.0 Å². The average Bonchev–Trinajstić information content (AvgIpc) is 2.50. The van der Waals surface area contributed by atoms with E-state index in [2.05, 4.69) is 10.3 Å². The third kappa shape index (κ3) is 5.19. The highest BCUT2D eigenvalue weighted by Crippen LogP contribution is 2.20. The van der Waals surface area contributed by atoms with Gasteiger partial charge in [0.15, 0.2) is 0 Å². The molecule has 1 aromatic carbocycles. The lowest BCUT2D eigenvalue weighted by Gasteiger charge is -2.10. The van der Waals surface area contributed by atoms with Crippen molar-refractivity contribution in [3.05, 3.63) is 40.5 Å². The summed E-state index contributed by atoms with van der Waals surface area (Å²) in [6.07, 6.45) is 2.08. The number of rotatable bonds is 7. The molecule has 0 unspecified atom stereocenters. The van der Waals surface area contributed by atoms with Crippen LogP contribution in [0, 0.1) is 6.92 Å². The Morgan fingerprint density at radius 2 is 2.09 bits per heavy atom. The number of unbranched alkanes of at least 4 members (excludes halogenated alkanes) is 1. The van der Waals surface area contributed by atoms with E-state index in [-0.39, 0.29) is 12.0 Å². The number of benzene rings is 1. The second-order valence-electron chi connectivity index (χ2n) is 5.84. The Balaban J connectivity index is 1.94. The summed E-state index contributed by atoms with van der Waals surface area (Å²) in [5.41, 5.74) is 2.16. The minimum absolute atomic E-state index is 0.0957. The van der Waals surface area contributed by atoms with Crippen molar-refractivity contribution in [3.8, 4) is 0 Å². The largest absolute Gasteiger partial charge is 0.379 e. The highest BCUT2D eigenvalue weighted by Gasteiger charge is 2.11. The van der Waals surface area contributed by atoms with Gasteiger partial charge in [-0.05, 0) is 57.9 Å². The number of amides is 1. The number of aromatic nitrogens is 1. The third-order valence-electron chi connectivity index (χ3n) is 3.52. The minimum atomic E-state index is -0.0957. The summed E-state index contributed by atoms with van der Waals surface area (Å²) < 4.78 is 5.48. The summed E-state index contributed by atoms with van der Waals surface area (Å²) >= 11 is 6.00. The minimum Gasteiger partial charge on any atom is -0.379 e. The van der Waals surface area contributed by atoms with Gasteiger partial charge in [-0.25, -0.2) is 0 Å². The van der Waals surface area contributed by atoms with Crippen LogP contribution >= 0.6 is 11.6 Å². The fourth-order valence-electron chi connectivity index (χ4n) is 2.32. The first kappa shape index (κ1) is 17.7. The van der Waals surface area contributed by atoms with Crippen LogP contribution < -0.4 is 5.32 Å². The van der Waals surface area contributed by atoms with Crippen molar-refractivity contribution in [2.24, 2.45) is 0 Å². The van der Waals surface area contributed by atoms with Crippen LogP contribution in [0.25, 0.3) is 10.9 Å². The molecule has 2 aromatic rings. The fourth-order valence-corrected chi connectivity index (χ4v) is 2.50. The van der Waals surface area contributed by atoms with E-state index in [0.717, 1.165) is 36.0 Å². The van der Waals surface area contributed by atoms with E-state index >= 15 is 0 Å². The zero-order valence-electron chi connectivity index (χ0n) is 13.9. The van der Waals surface area contributed by atoms with E-state index < -0.39 is 0 Å². The summed E-state index contributed by atoms with van der Waals surface area (Å²) in [7, 11) is 0. The summed E-state index contributed by atoms with van der Waals surface area (Å²) in [5, 5.41) is 4.45. The second-order valence-corrected chi connectivity index (χ2v) is 6.28. The van der Waals surface area contributed by atoms with E-state index in [1.54, 1.807) is 6.07 Å². The van der Waals surface area contributed by atoms with Gasteiger partial charge in [-0.1, -0.05) is 11.6 Å². The van der Waals surface area contributed by atoms with Gasteiger partial charge in [0.1, 0.15) is 0 Å². The van der Waals surface area contributed by atoms with Crippen molar-refractivity contribution >= 4 is 28.4 Å². The molecule has 124 valence electrons. The Kier molecular flexibility index (Phi) is 6.37. The molecule has 4 nitrogen and oxygen atoms in total. The zero-order valence-corrected chi connectivity index (χ0v) is 14.6. The molecule has 0 atom stereocenters. The second kappa shape index (κ2) is 8.27. The molecule has 1 aromatic heterocycles. The van der Waals surface area contributed by atoms with Gasteiger partial charge in [-0.2, -0.15) is 0 Å². The van der Waals surface area contributed by atoms with Gasteiger partial charge in [0, 0.05) is 23.6 Å². The lowest BCUT2D eigenvalue weighted by Crippen LogP contribution is -2.25. The maximum Gasteiger partial charge on any atom is 0.253 e. The number of pyridine rings is 1. The molecule has 1 N–H and O–H groups in total. The Labute approximate surface area is 142 Å². The number of aryl methyl sites for hydroxylation is 1. The van der Waals surface area contributed by atoms with Gasteiger partial charge in [-0.15, -0.1) is 0 Å². The van der Waals surface area contributed by atoms with Gasteiger partial charge in [0.25, 0.3) is 5.91 Å². The number of nitrogens with one attached hydrogen (secondary N) is 1. The summed E-state index contributed by atoms with van der Waals surface area (Å²) in [4.78, 5) is 16.8. The lowest BCUT2D eigenvalue weighted by molar-refractivity contribution is 0.0754. The van der Waals surface area contributed by atoms with Crippen molar-refractivity contribution in [3.63, 3.8) is 0 Å². The van der Waals surface area contributed by atoms with Gasteiger partial charge in [0.2, 0.25) is 0 Å². The first-order valence-electron chi connectivity index (χ1n) is 7.94. The number of fused-ring (bicyclic) bond motifs is 1. The van der Waals surface area contributed by atoms with E-state index in [4.69, 9.17) is 16.3 Å². The molecular weight excluding hydrogens is 312 g/mol. The van der Waals surface area contributed by atoms with E-state index in [1.165, 1.54) is 0 Å². The molecule has 2 rings (SSSR count). The number of carbonyl (C=O) groups excluding carboxylic acids is 1. The number of ether oxygens (including phenoxy) is 1. The molecule has 0 saturated carbocycles. The predicted molar refractivity (Wildman–Crippen MR) is 94.1 cm³/mol. The first-order chi connectivity index (χ1) is 11.0. The molecule has 0 aliphatic carbocycles. The van der Waals surface area contributed by atoms with Crippen molar-refractivity contribution in [2.45, 2.75) is 39.7 Å². The number of hydrogen-bond acceptors (Lipinski definition) is 3. The third-order valence-corrected chi connectivity index (χ3v) is 3.75. The van der Waals surface area contributed by atoms with E-state index in [0.29, 0.717) is 17.1 Å². The molecule has 5 heteroatoms. The standard InChI is InChI=1S/C18H23ClN2O2/c1-12(2)23-9-5-4-8-20-18(22)16-11-14-10-15(19)6-7-17(14)21-13(16)3/h6-7,10-12H,4-5,8-9H2,1-3H3,(H,20,22). The fraction of sp³-hybridized carbons (Fsp3) is 0.444. The number of halogens is 1. The van der Waals surface area contributed by atoms with Crippen molar-refractivity contribution < 1.29 is 9.53 Å². The quantitative estimate of drug-likeness (QED) is 0.774. The predicted octanol–water partition coefficient (Wildman–Crippen LogP) is 4.13. The molecule has 0 spiro atoms. The lowest BCUT2D eigenvalue weighted by atomic mass is 10.1. The smallest absolute Gasteiger partial charge is 0.253 e. The SMILES string of the molecule is Cc1nc2ccc(Cl)cc2cc1C(=O)NCCCCOC(C)C. The van der Waals surface area contributed by atoms with Crippen LogP contribution in [0.15, 0.2) is 24.3 Å². The Hall–Kier alpha value is -1.65. The number of hydrogen-bond donors (Lipinski definition) is 1. The molecule has 0 aliphatic heterocycles. The number of nitrogens with zero attached hydrogens (tertiary/aromatic N) is 1. The Bertz CT molecular complexity index is 686. The van der Waals surface area contributed by atoms with Gasteiger partial charge in [-0.3, -0.25) is 9.78 Å². The maximum absolute atomic E-state index is 12.3. The highest BCUT2D eigenvalue weighted by atomic mass is 35.5. The van der Waals surface area contributed by atoms with Crippen LogP contribution in [0.2, 0.25) is 5.02 Å². The van der Waals surface area contributed by atoms with Crippen LogP contribution in [0.5, 0.6) is 0 Å². The van der Waals surface area contributed by atoms with Crippen LogP contribution in [0.3, 0.4) is 0 Å². The molecular formula is C18H23ClN2O2. The zero-order chi connectivity index (χ0) is 16.8. The van der Waals surface area contributed by atoms with Crippen LogP contribution in [-0.2, 0) is 4.74 Å². The van der Waals surface area contributed by atoms with Crippen LogP contribution in [-0.4, -0.2) is 30.1 Å². The van der Waals surface area contributed by atoms with Gasteiger partial charge in [0.05, 0.1) is 22.9 Å². The van der Waals surface area contributed by atoms with Gasteiger partial charge >= 0.3 is 0 Å². The van der Waals surface area contributed by atoms with Crippen molar-refractivity contribution in [1.82, 2.24) is 10.3 Å². The Morgan fingerprint density at radius 3 is 2.83 bits per heavy atom. The molecule has 0 fully saturated rings. The summed E-state index contributed by atoms with van der Waals surface area (Å²) in [5.74, 6) is -0.0957. The molecule has 0 aliphatic rings. The molecule has 0 saturated heterocycles. The Morgan fingerprint density at radius 1 is 1.30 bits per heavy atom. The van der Waals surface area contributed by atoms with Crippen molar-refractivity contribution in [2.75, 3.05) is 13.2 Å². The monoisotopic (exact) mass is 334 g/mol. The summed E-state index contributed by atoms with van der Waals surface area (Å²) in [6, 6.07) is 7.33. The molecule has 0 bridgehead atoms. The van der Waals surface area contributed by atoms with E-state index in [9.17, 15) is 4.79 Å². The summed E-state index contributed by atoms with van der Waals surface area (Å²) in [6.45, 7) is 7.24. The van der Waals surface area contributed by atoms with Crippen LogP contribution in [0.1, 0.15) is 42.7 Å². The molecule has 1 heterocycles. The van der Waals surface area contributed by atoms with Crippen LogP contribution in [0.4, 0.5) is 0 Å². The van der Waals surface area contributed by atoms with Crippen molar-refractivity contribution in [1.29, 1.82) is 0 Å². The topological polar surface area (TPSA) is 51.2 Å². The molecule has 23 heavy (non-hydrogen) atoms. The normalized spacial score (nSPS) is 11.2. The first-order valence-corrected chi connectivity index (χ1v) is 8.32. The van der Waals surface area contributed by atoms with Gasteiger partial charge < -0.3 is 10.1 Å².